The third kappa shape index (κ3) is 4.35. The van der Waals surface area contributed by atoms with Gasteiger partial charge in [0.2, 0.25) is 0 Å². The van der Waals surface area contributed by atoms with Crippen LogP contribution >= 0.6 is 0 Å². The van der Waals surface area contributed by atoms with Gasteiger partial charge in [0.05, 0.1) is 11.3 Å². The molecule has 2 aromatic carbocycles. The number of imidazole rings is 1. The second-order valence-electron chi connectivity index (χ2n) is 8.21. The van der Waals surface area contributed by atoms with Crippen molar-refractivity contribution in [3.8, 4) is 11.1 Å². The van der Waals surface area contributed by atoms with Crippen molar-refractivity contribution in [2.75, 3.05) is 14.2 Å². The Bertz CT molecular complexity index is 1400. The average molecular weight is 463 g/mol. The number of rotatable bonds is 8. The summed E-state index contributed by atoms with van der Waals surface area (Å²) >= 11 is 0. The number of aryl methyl sites for hydroxylation is 1. The highest BCUT2D eigenvalue weighted by atomic mass is 16.7. The van der Waals surface area contributed by atoms with E-state index < -0.39 is 11.8 Å². The molecule has 0 saturated heterocycles. The molecule has 0 radical (unpaired) electrons. The minimum absolute atomic E-state index is 0.248. The zero-order valence-corrected chi connectivity index (χ0v) is 19.5. The van der Waals surface area contributed by atoms with Crippen molar-refractivity contribution in [2.45, 2.75) is 32.6 Å². The molecule has 0 aliphatic carbocycles. The second-order valence-corrected chi connectivity index (χ2v) is 8.21. The van der Waals surface area contributed by atoms with Gasteiger partial charge in [-0.2, -0.15) is 5.10 Å². The molecular weight excluding hydrogens is 436 g/mol. The Morgan fingerprint density at radius 2 is 1.79 bits per heavy atom. The van der Waals surface area contributed by atoms with Crippen molar-refractivity contribution in [3.63, 3.8) is 0 Å². The number of aromatic carboxylic acids is 1. The topological polar surface area (TPSA) is 119 Å². The summed E-state index contributed by atoms with van der Waals surface area (Å²) in [5.74, 6) is -1.20. The number of nitrogens with one attached hydrogen (secondary N) is 1. The normalized spacial score (nSPS) is 11.8. The molecule has 0 saturated carbocycles. The lowest BCUT2D eigenvalue weighted by Crippen LogP contribution is -2.33. The van der Waals surface area contributed by atoms with Crippen LogP contribution in [0.3, 0.4) is 0 Å². The van der Waals surface area contributed by atoms with Gasteiger partial charge in [-0.25, -0.2) is 14.9 Å². The zero-order valence-electron chi connectivity index (χ0n) is 19.5. The molecule has 4 rings (SSSR count). The largest absolute Gasteiger partial charge is 0.478 e. The molecule has 0 atom stereocenters. The lowest BCUT2D eigenvalue weighted by atomic mass is 9.99. The van der Waals surface area contributed by atoms with Gasteiger partial charge < -0.3 is 19.1 Å². The maximum Gasteiger partial charge on any atom is 0.336 e. The maximum atomic E-state index is 12.7. The second kappa shape index (κ2) is 9.20. The summed E-state index contributed by atoms with van der Waals surface area (Å²) in [6, 6.07) is 14.5. The molecule has 0 spiro atoms. The van der Waals surface area contributed by atoms with E-state index in [9.17, 15) is 14.7 Å². The van der Waals surface area contributed by atoms with Crippen LogP contribution in [0.2, 0.25) is 0 Å². The van der Waals surface area contributed by atoms with Crippen LogP contribution in [0.5, 0.6) is 0 Å². The molecular formula is C25H26N4O5. The summed E-state index contributed by atoms with van der Waals surface area (Å²) in [6.45, 7) is 4.05. The Kier molecular flexibility index (Phi) is 6.32. The number of hydrogen-bond acceptors (Lipinski definition) is 6. The van der Waals surface area contributed by atoms with Crippen LogP contribution in [0.15, 0.2) is 53.3 Å². The van der Waals surface area contributed by atoms with E-state index in [4.69, 9.17) is 9.47 Å². The summed E-state index contributed by atoms with van der Waals surface area (Å²) in [4.78, 5) is 28.9. The van der Waals surface area contributed by atoms with E-state index in [1.165, 1.54) is 0 Å². The van der Waals surface area contributed by atoms with Crippen LogP contribution in [-0.2, 0) is 22.4 Å². The quantitative estimate of drug-likeness (QED) is 0.385. The van der Waals surface area contributed by atoms with E-state index in [0.29, 0.717) is 41.1 Å². The standard InChI is InChI=1S/C25H26N4O5/c1-15-26-21-20(13-25(2,33-3)34-4)27-28-23(30)22(21)29(15)14-16-9-11-17(12-10-16)18-7-5-6-8-19(18)24(31)32/h5-12H,13-14H2,1-4H3,(H,28,30)(H,31,32). The molecule has 34 heavy (non-hydrogen) atoms. The number of ether oxygens (including phenoxy) is 2. The highest BCUT2D eigenvalue weighted by Crippen LogP contribution is 2.26. The minimum Gasteiger partial charge on any atom is -0.478 e. The number of aromatic nitrogens is 4. The predicted molar refractivity (Wildman–Crippen MR) is 127 cm³/mol. The fourth-order valence-electron chi connectivity index (χ4n) is 3.96. The molecule has 0 bridgehead atoms. The van der Waals surface area contributed by atoms with Gasteiger partial charge in [-0.1, -0.05) is 42.5 Å². The summed E-state index contributed by atoms with van der Waals surface area (Å²) in [5.41, 5.74) is 3.82. The minimum atomic E-state index is -0.970. The van der Waals surface area contributed by atoms with Gasteiger partial charge >= 0.3 is 5.97 Å². The van der Waals surface area contributed by atoms with Crippen molar-refractivity contribution < 1.29 is 19.4 Å². The number of methoxy groups -OCH3 is 2. The Hall–Kier alpha value is -3.82. The molecule has 0 amide bonds. The van der Waals surface area contributed by atoms with E-state index in [1.807, 2.05) is 41.8 Å². The van der Waals surface area contributed by atoms with Gasteiger partial charge in [0.15, 0.2) is 5.79 Å². The van der Waals surface area contributed by atoms with Gasteiger partial charge in [-0.05, 0) is 36.6 Å². The van der Waals surface area contributed by atoms with Gasteiger partial charge in [-0.3, -0.25) is 4.79 Å². The van der Waals surface area contributed by atoms with Crippen LogP contribution < -0.4 is 5.56 Å². The third-order valence-electron chi connectivity index (χ3n) is 6.05. The molecule has 4 aromatic rings. The summed E-state index contributed by atoms with van der Waals surface area (Å²) in [5, 5.41) is 16.2. The highest BCUT2D eigenvalue weighted by Gasteiger charge is 2.27. The third-order valence-corrected chi connectivity index (χ3v) is 6.05. The number of H-pyrrole nitrogens is 1. The van der Waals surface area contributed by atoms with E-state index in [2.05, 4.69) is 15.2 Å². The first kappa shape index (κ1) is 23.3. The van der Waals surface area contributed by atoms with E-state index in [1.54, 1.807) is 39.3 Å². The van der Waals surface area contributed by atoms with E-state index >= 15 is 0 Å². The first-order valence-electron chi connectivity index (χ1n) is 10.7. The van der Waals surface area contributed by atoms with Crippen molar-refractivity contribution in [2.24, 2.45) is 0 Å². The fourth-order valence-corrected chi connectivity index (χ4v) is 3.96. The molecule has 176 valence electrons. The molecule has 2 heterocycles. The number of benzene rings is 2. The lowest BCUT2D eigenvalue weighted by molar-refractivity contribution is -0.192. The number of hydrogen-bond donors (Lipinski definition) is 2. The molecule has 2 aromatic heterocycles. The molecule has 9 nitrogen and oxygen atoms in total. The van der Waals surface area contributed by atoms with Crippen LogP contribution in [0.25, 0.3) is 22.2 Å². The fraction of sp³-hybridized carbons (Fsp3) is 0.280. The molecule has 0 aliphatic rings. The number of carboxylic acids is 1. The first-order chi connectivity index (χ1) is 16.3. The predicted octanol–water partition coefficient (Wildman–Crippen LogP) is 3.39. The molecule has 0 aliphatic heterocycles. The van der Waals surface area contributed by atoms with Crippen LogP contribution in [0.4, 0.5) is 0 Å². The summed E-state index contributed by atoms with van der Waals surface area (Å²) in [6.07, 6.45) is 0.307. The van der Waals surface area contributed by atoms with Crippen LogP contribution in [-0.4, -0.2) is 50.8 Å². The zero-order chi connectivity index (χ0) is 24.5. The monoisotopic (exact) mass is 462 g/mol. The van der Waals surface area contributed by atoms with Crippen molar-refractivity contribution >= 4 is 17.0 Å². The number of carbonyl (C=O) groups is 1. The number of nitrogens with zero attached hydrogens (tertiary/aromatic N) is 3. The molecule has 0 fully saturated rings. The average Bonchev–Trinajstić information content (AvgIpc) is 3.18. The Morgan fingerprint density at radius 3 is 2.44 bits per heavy atom. The van der Waals surface area contributed by atoms with Gasteiger partial charge in [0.1, 0.15) is 16.9 Å². The van der Waals surface area contributed by atoms with E-state index in [-0.39, 0.29) is 11.1 Å². The Labute approximate surface area is 196 Å². The number of aromatic amines is 1. The Balaban J connectivity index is 1.69. The number of fused-ring (bicyclic) bond motifs is 1. The van der Waals surface area contributed by atoms with Gasteiger partial charge in [0, 0.05) is 27.2 Å². The summed E-state index contributed by atoms with van der Waals surface area (Å²) < 4.78 is 12.7. The highest BCUT2D eigenvalue weighted by molar-refractivity contribution is 5.96. The smallest absolute Gasteiger partial charge is 0.336 e. The van der Waals surface area contributed by atoms with Crippen LogP contribution in [0, 0.1) is 6.92 Å². The van der Waals surface area contributed by atoms with Crippen molar-refractivity contribution in [1.29, 1.82) is 0 Å². The summed E-state index contributed by atoms with van der Waals surface area (Å²) in [7, 11) is 3.10. The molecule has 0 unspecified atom stereocenters. The van der Waals surface area contributed by atoms with E-state index in [0.717, 1.165) is 11.1 Å². The maximum absolute atomic E-state index is 12.7. The number of carboxylic acid groups (broad SMARTS) is 1. The van der Waals surface area contributed by atoms with Crippen molar-refractivity contribution in [3.05, 3.63) is 81.5 Å². The molecule has 9 heteroatoms. The van der Waals surface area contributed by atoms with Crippen LogP contribution in [0.1, 0.15) is 34.4 Å². The Morgan fingerprint density at radius 1 is 1.12 bits per heavy atom. The van der Waals surface area contributed by atoms with Crippen molar-refractivity contribution in [1.82, 2.24) is 19.7 Å². The SMILES string of the molecule is COC(C)(Cc1n[nH]c(=O)c2c1nc(C)n2Cc1ccc(-c2ccccc2C(=O)O)cc1)OC. The van der Waals surface area contributed by atoms with Gasteiger partial charge in [0.25, 0.3) is 5.56 Å². The first-order valence-corrected chi connectivity index (χ1v) is 10.7. The van der Waals surface area contributed by atoms with Gasteiger partial charge in [-0.15, -0.1) is 0 Å². The molecule has 2 N–H and O–H groups in total. The lowest BCUT2D eigenvalue weighted by Gasteiger charge is -2.25.